The van der Waals surface area contributed by atoms with E-state index in [-0.39, 0.29) is 31.1 Å². The largest absolute Gasteiger partial charge is 0.496 e. The molecule has 1 fully saturated rings. The smallest absolute Gasteiger partial charge is 0.412 e. The van der Waals surface area contributed by atoms with Gasteiger partial charge in [-0.3, -0.25) is 14.7 Å². The summed E-state index contributed by atoms with van der Waals surface area (Å²) in [5.74, 6) is 0.0132. The first kappa shape index (κ1) is 30.0. The lowest BCUT2D eigenvalue weighted by Gasteiger charge is -2.35. The van der Waals surface area contributed by atoms with Gasteiger partial charge in [-0.1, -0.05) is 36.4 Å². The molecule has 1 saturated heterocycles. The molecule has 1 N–H and O–H groups in total. The summed E-state index contributed by atoms with van der Waals surface area (Å²) in [6, 6.07) is 16.8. The number of rotatable bonds is 8. The maximum Gasteiger partial charge on any atom is 0.412 e. The number of hydrogen-bond acceptors (Lipinski definition) is 6. The van der Waals surface area contributed by atoms with Gasteiger partial charge in [-0.15, -0.1) is 0 Å². The zero-order valence-corrected chi connectivity index (χ0v) is 24.4. The Morgan fingerprint density at radius 1 is 1.02 bits per heavy atom. The topological polar surface area (TPSA) is 90.0 Å². The second-order valence-corrected chi connectivity index (χ2v) is 11.5. The lowest BCUT2D eigenvalue weighted by Crippen LogP contribution is -2.51. The summed E-state index contributed by atoms with van der Waals surface area (Å²) in [6.07, 6.45) is 0.890. The Labute approximate surface area is 240 Å². The SMILES string of the molecule is COc1ccccc1CNC(=O)c1cccnc1C[C@@H]1OC(C)(C)N(C(=O)OC(C)(C)C)[C@@H]1Cc1ccccc1F. The summed E-state index contributed by atoms with van der Waals surface area (Å²) in [5.41, 5.74) is 0.409. The fourth-order valence-corrected chi connectivity index (χ4v) is 5.15. The van der Waals surface area contributed by atoms with Crippen LogP contribution in [0.3, 0.4) is 0 Å². The van der Waals surface area contributed by atoms with Crippen LogP contribution in [0.5, 0.6) is 5.75 Å². The Bertz CT molecular complexity index is 1390. The summed E-state index contributed by atoms with van der Waals surface area (Å²) in [4.78, 5) is 32.8. The van der Waals surface area contributed by atoms with E-state index in [9.17, 15) is 14.0 Å². The van der Waals surface area contributed by atoms with Crippen molar-refractivity contribution in [3.63, 3.8) is 0 Å². The molecular formula is C32H38FN3O5. The molecule has 218 valence electrons. The number of para-hydroxylation sites is 1. The highest BCUT2D eigenvalue weighted by Crippen LogP contribution is 2.37. The Morgan fingerprint density at radius 2 is 1.71 bits per heavy atom. The van der Waals surface area contributed by atoms with Crippen LogP contribution in [0.15, 0.2) is 66.9 Å². The van der Waals surface area contributed by atoms with Crippen molar-refractivity contribution >= 4 is 12.0 Å². The number of hydrogen-bond donors (Lipinski definition) is 1. The van der Waals surface area contributed by atoms with Crippen molar-refractivity contribution in [1.82, 2.24) is 15.2 Å². The van der Waals surface area contributed by atoms with Crippen LogP contribution in [-0.4, -0.2) is 52.5 Å². The summed E-state index contributed by atoms with van der Waals surface area (Å²) >= 11 is 0. The monoisotopic (exact) mass is 563 g/mol. The van der Waals surface area contributed by atoms with Crippen molar-refractivity contribution in [2.24, 2.45) is 0 Å². The third-order valence-corrected chi connectivity index (χ3v) is 6.92. The molecule has 2 heterocycles. The predicted molar refractivity (Wildman–Crippen MR) is 153 cm³/mol. The maximum atomic E-state index is 14.8. The molecule has 0 aliphatic carbocycles. The third kappa shape index (κ3) is 7.21. The Morgan fingerprint density at radius 3 is 2.39 bits per heavy atom. The molecule has 0 unspecified atom stereocenters. The van der Waals surface area contributed by atoms with Gasteiger partial charge in [-0.2, -0.15) is 0 Å². The van der Waals surface area contributed by atoms with E-state index in [1.165, 1.54) is 6.07 Å². The molecule has 0 radical (unpaired) electrons. The number of nitrogens with one attached hydrogen (secondary N) is 1. The van der Waals surface area contributed by atoms with Crippen LogP contribution in [0.2, 0.25) is 0 Å². The van der Waals surface area contributed by atoms with Gasteiger partial charge in [0.2, 0.25) is 0 Å². The van der Waals surface area contributed by atoms with Crippen molar-refractivity contribution in [3.8, 4) is 5.75 Å². The van der Waals surface area contributed by atoms with Gasteiger partial charge in [0.15, 0.2) is 0 Å². The van der Waals surface area contributed by atoms with Crippen LogP contribution in [0.1, 0.15) is 61.8 Å². The molecule has 2 amide bonds. The first-order valence-corrected chi connectivity index (χ1v) is 13.7. The molecular weight excluding hydrogens is 525 g/mol. The molecule has 0 bridgehead atoms. The zero-order valence-electron chi connectivity index (χ0n) is 24.4. The standard InChI is InChI=1S/C32H38FN3O5/c1-31(2,3)41-30(38)36-26(18-21-12-7-9-15-24(21)33)28(40-32(36,4)5)19-25-23(14-11-17-34-25)29(37)35-20-22-13-8-10-16-27(22)39-6/h7-17,26,28H,18-20H2,1-6H3,(H,35,37)/t26-,28+/m1/s1. The van der Waals surface area contributed by atoms with Crippen molar-refractivity contribution in [2.75, 3.05) is 7.11 Å². The van der Waals surface area contributed by atoms with E-state index < -0.39 is 29.6 Å². The quantitative estimate of drug-likeness (QED) is 0.379. The number of methoxy groups -OCH3 is 1. The molecule has 4 rings (SSSR count). The van der Waals surface area contributed by atoms with Crippen LogP contribution in [0, 0.1) is 5.82 Å². The average Bonchev–Trinajstić information content (AvgIpc) is 3.16. The normalized spacial score (nSPS) is 18.2. The first-order chi connectivity index (χ1) is 19.4. The van der Waals surface area contributed by atoms with E-state index in [2.05, 4.69) is 10.3 Å². The number of ether oxygens (including phenoxy) is 3. The highest BCUT2D eigenvalue weighted by molar-refractivity contribution is 5.95. The number of aromatic nitrogens is 1. The number of benzene rings is 2. The highest BCUT2D eigenvalue weighted by atomic mass is 19.1. The number of carbonyl (C=O) groups is 2. The van der Waals surface area contributed by atoms with Crippen LogP contribution in [0.4, 0.5) is 9.18 Å². The Hall–Kier alpha value is -3.98. The van der Waals surface area contributed by atoms with Gasteiger partial charge < -0.3 is 19.5 Å². The molecule has 0 spiro atoms. The van der Waals surface area contributed by atoms with Gasteiger partial charge in [0.1, 0.15) is 22.9 Å². The minimum absolute atomic E-state index is 0.197. The van der Waals surface area contributed by atoms with Gasteiger partial charge in [0.05, 0.1) is 30.5 Å². The molecule has 41 heavy (non-hydrogen) atoms. The minimum atomic E-state index is -1.05. The van der Waals surface area contributed by atoms with E-state index in [0.717, 1.165) is 5.56 Å². The maximum absolute atomic E-state index is 14.8. The number of nitrogens with zero attached hydrogens (tertiary/aromatic N) is 2. The van der Waals surface area contributed by atoms with Crippen LogP contribution < -0.4 is 10.1 Å². The van der Waals surface area contributed by atoms with Crippen LogP contribution in [0.25, 0.3) is 0 Å². The number of carbonyl (C=O) groups excluding carboxylic acids is 2. The molecule has 3 aromatic rings. The van der Waals surface area contributed by atoms with Crippen molar-refractivity contribution in [2.45, 2.75) is 77.5 Å². The fourth-order valence-electron chi connectivity index (χ4n) is 5.15. The summed E-state index contributed by atoms with van der Waals surface area (Å²) < 4.78 is 32.3. The Balaban J connectivity index is 1.62. The fraction of sp³-hybridized carbons (Fsp3) is 0.406. The summed E-state index contributed by atoms with van der Waals surface area (Å²) in [5, 5.41) is 2.95. The van der Waals surface area contributed by atoms with E-state index >= 15 is 0 Å². The second-order valence-electron chi connectivity index (χ2n) is 11.5. The van der Waals surface area contributed by atoms with Gasteiger partial charge >= 0.3 is 6.09 Å². The van der Waals surface area contributed by atoms with E-state index in [4.69, 9.17) is 14.2 Å². The number of pyridine rings is 1. The molecule has 1 aromatic heterocycles. The van der Waals surface area contributed by atoms with E-state index in [0.29, 0.717) is 22.6 Å². The lowest BCUT2D eigenvalue weighted by atomic mass is 9.95. The lowest BCUT2D eigenvalue weighted by molar-refractivity contribution is -0.0785. The molecule has 8 nitrogen and oxygen atoms in total. The number of amides is 2. The highest BCUT2D eigenvalue weighted by Gasteiger charge is 2.51. The average molecular weight is 564 g/mol. The molecule has 1 aliphatic rings. The first-order valence-electron chi connectivity index (χ1n) is 13.7. The van der Waals surface area contributed by atoms with Crippen molar-refractivity contribution < 1.29 is 28.2 Å². The Kier molecular flexibility index (Phi) is 8.97. The summed E-state index contributed by atoms with van der Waals surface area (Å²) in [6.45, 7) is 9.22. The van der Waals surface area contributed by atoms with Gasteiger partial charge in [-0.05, 0) is 70.9 Å². The molecule has 0 saturated carbocycles. The molecule has 2 aromatic carbocycles. The van der Waals surface area contributed by atoms with Gasteiger partial charge in [0, 0.05) is 24.7 Å². The van der Waals surface area contributed by atoms with E-state index in [1.54, 1.807) is 83.2 Å². The van der Waals surface area contributed by atoms with Gasteiger partial charge in [0.25, 0.3) is 5.91 Å². The van der Waals surface area contributed by atoms with E-state index in [1.807, 2.05) is 24.3 Å². The van der Waals surface area contributed by atoms with Crippen molar-refractivity contribution in [3.05, 3.63) is 95.1 Å². The molecule has 1 aliphatic heterocycles. The predicted octanol–water partition coefficient (Wildman–Crippen LogP) is 5.69. The molecule has 9 heteroatoms. The van der Waals surface area contributed by atoms with Crippen molar-refractivity contribution in [1.29, 1.82) is 0 Å². The summed E-state index contributed by atoms with van der Waals surface area (Å²) in [7, 11) is 1.58. The zero-order chi connectivity index (χ0) is 29.8. The molecule has 2 atom stereocenters. The van der Waals surface area contributed by atoms with Crippen LogP contribution in [-0.2, 0) is 28.9 Å². The third-order valence-electron chi connectivity index (χ3n) is 6.92. The minimum Gasteiger partial charge on any atom is -0.496 e. The second kappa shape index (κ2) is 12.3. The number of halogens is 1. The van der Waals surface area contributed by atoms with Gasteiger partial charge in [-0.25, -0.2) is 9.18 Å². The van der Waals surface area contributed by atoms with Crippen LogP contribution >= 0.6 is 0 Å².